The van der Waals surface area contributed by atoms with E-state index < -0.39 is 0 Å². The molecule has 2 heterocycles. The van der Waals surface area contributed by atoms with E-state index in [0.29, 0.717) is 36.7 Å². The number of carbonyl (C=O) groups is 1. The van der Waals surface area contributed by atoms with Crippen LogP contribution in [0.1, 0.15) is 41.0 Å². The highest BCUT2D eigenvalue weighted by molar-refractivity contribution is 6.01. The number of nitrogens with zero attached hydrogens (tertiary/aromatic N) is 1. The van der Waals surface area contributed by atoms with Crippen LogP contribution in [0.2, 0.25) is 0 Å². The highest BCUT2D eigenvalue weighted by Crippen LogP contribution is 2.40. The number of carbonyl (C=O) groups excluding carboxylic acids is 1. The summed E-state index contributed by atoms with van der Waals surface area (Å²) < 4.78 is 16.8. The second kappa shape index (κ2) is 11.5. The van der Waals surface area contributed by atoms with E-state index in [1.807, 2.05) is 50.2 Å². The summed E-state index contributed by atoms with van der Waals surface area (Å²) in [5.41, 5.74) is 5.16. The van der Waals surface area contributed by atoms with Gasteiger partial charge in [0.25, 0.3) is 11.5 Å². The highest BCUT2D eigenvalue weighted by atomic mass is 16.5. The molecule has 0 spiro atoms. The summed E-state index contributed by atoms with van der Waals surface area (Å²) in [5, 5.41) is 2.94. The van der Waals surface area contributed by atoms with Crippen molar-refractivity contribution in [3.8, 4) is 22.6 Å². The number of hydrogen-bond donors (Lipinski definition) is 2. The standard InChI is InChI=1S/C29H35N3O5/c1-18(2)32-10-11-37-27-24(28(33)30-17-25-19(3)14-20(4)31-29(25)34)15-22(16-26(27)32)21-6-8-23(9-7-21)36-13-12-35-5/h6-9,14-16,18H,10-13,17H2,1-5H3,(H,30,33)(H,31,34). The number of aromatic amines is 1. The van der Waals surface area contributed by atoms with E-state index in [4.69, 9.17) is 14.2 Å². The van der Waals surface area contributed by atoms with Crippen LogP contribution < -0.4 is 25.2 Å². The topological polar surface area (TPSA) is 92.9 Å². The lowest BCUT2D eigenvalue weighted by atomic mass is 9.98. The lowest BCUT2D eigenvalue weighted by Gasteiger charge is -2.35. The lowest BCUT2D eigenvalue weighted by Crippen LogP contribution is -2.39. The molecule has 1 aliphatic rings. The first-order valence-corrected chi connectivity index (χ1v) is 12.6. The molecule has 0 fully saturated rings. The number of benzene rings is 2. The zero-order chi connectivity index (χ0) is 26.5. The Balaban J connectivity index is 1.67. The third-order valence-electron chi connectivity index (χ3n) is 6.49. The Bertz CT molecular complexity index is 1310. The van der Waals surface area contributed by atoms with Crippen molar-refractivity contribution >= 4 is 11.6 Å². The van der Waals surface area contributed by atoms with Crippen molar-refractivity contribution in [1.29, 1.82) is 0 Å². The van der Waals surface area contributed by atoms with Gasteiger partial charge < -0.3 is 29.4 Å². The molecular weight excluding hydrogens is 470 g/mol. The first-order valence-electron chi connectivity index (χ1n) is 12.6. The zero-order valence-electron chi connectivity index (χ0n) is 22.1. The molecule has 2 aromatic carbocycles. The van der Waals surface area contributed by atoms with Crippen LogP contribution in [0.3, 0.4) is 0 Å². The maximum atomic E-state index is 13.5. The van der Waals surface area contributed by atoms with Gasteiger partial charge in [-0.1, -0.05) is 12.1 Å². The molecule has 37 heavy (non-hydrogen) atoms. The summed E-state index contributed by atoms with van der Waals surface area (Å²) in [6, 6.07) is 13.8. The Kier molecular flexibility index (Phi) is 8.18. The van der Waals surface area contributed by atoms with Gasteiger partial charge in [-0.25, -0.2) is 0 Å². The van der Waals surface area contributed by atoms with Crippen molar-refractivity contribution in [3.63, 3.8) is 0 Å². The summed E-state index contributed by atoms with van der Waals surface area (Å²) in [6.07, 6.45) is 0. The molecule has 1 aromatic heterocycles. The second-order valence-electron chi connectivity index (χ2n) is 9.50. The largest absolute Gasteiger partial charge is 0.491 e. The molecular formula is C29H35N3O5. The average Bonchev–Trinajstić information content (AvgIpc) is 2.87. The molecule has 3 aromatic rings. The Morgan fingerprint density at radius 1 is 1.11 bits per heavy atom. The van der Waals surface area contributed by atoms with Crippen molar-refractivity contribution in [2.75, 3.05) is 38.4 Å². The van der Waals surface area contributed by atoms with Crippen molar-refractivity contribution < 1.29 is 19.0 Å². The Morgan fingerprint density at radius 2 is 1.86 bits per heavy atom. The summed E-state index contributed by atoms with van der Waals surface area (Å²) in [5.74, 6) is 1.03. The van der Waals surface area contributed by atoms with Gasteiger partial charge in [0.15, 0.2) is 5.75 Å². The molecule has 8 nitrogen and oxygen atoms in total. The Morgan fingerprint density at radius 3 is 2.54 bits per heavy atom. The van der Waals surface area contributed by atoms with Crippen LogP contribution in [0.15, 0.2) is 47.3 Å². The first kappa shape index (κ1) is 26.3. The monoisotopic (exact) mass is 505 g/mol. The number of aromatic nitrogens is 1. The third-order valence-corrected chi connectivity index (χ3v) is 6.49. The molecule has 1 aliphatic heterocycles. The van der Waals surface area contributed by atoms with Crippen molar-refractivity contribution in [1.82, 2.24) is 10.3 Å². The molecule has 196 valence electrons. The molecule has 0 bridgehead atoms. The lowest BCUT2D eigenvalue weighted by molar-refractivity contribution is 0.0946. The highest BCUT2D eigenvalue weighted by Gasteiger charge is 2.27. The van der Waals surface area contributed by atoms with Crippen LogP contribution in [-0.2, 0) is 11.3 Å². The van der Waals surface area contributed by atoms with Gasteiger partial charge >= 0.3 is 0 Å². The van der Waals surface area contributed by atoms with E-state index in [1.165, 1.54) is 0 Å². The summed E-state index contributed by atoms with van der Waals surface area (Å²) >= 11 is 0. The number of pyridine rings is 1. The fourth-order valence-electron chi connectivity index (χ4n) is 4.57. The minimum absolute atomic E-state index is 0.126. The van der Waals surface area contributed by atoms with Crippen molar-refractivity contribution in [2.24, 2.45) is 0 Å². The predicted molar refractivity (Wildman–Crippen MR) is 145 cm³/mol. The van der Waals surface area contributed by atoms with Crippen molar-refractivity contribution in [2.45, 2.75) is 40.3 Å². The summed E-state index contributed by atoms with van der Waals surface area (Å²) in [7, 11) is 1.64. The van der Waals surface area contributed by atoms with E-state index in [2.05, 4.69) is 35.1 Å². The molecule has 8 heteroatoms. The predicted octanol–water partition coefficient (Wildman–Crippen LogP) is 4.22. The maximum absolute atomic E-state index is 13.5. The van der Waals surface area contributed by atoms with Gasteiger partial charge in [-0.15, -0.1) is 0 Å². The third kappa shape index (κ3) is 5.97. The van der Waals surface area contributed by atoms with Crippen LogP contribution >= 0.6 is 0 Å². The maximum Gasteiger partial charge on any atom is 0.255 e. The van der Waals surface area contributed by atoms with E-state index in [1.54, 1.807) is 7.11 Å². The van der Waals surface area contributed by atoms with E-state index in [-0.39, 0.29) is 24.1 Å². The first-order chi connectivity index (χ1) is 17.8. The molecule has 1 amide bonds. The van der Waals surface area contributed by atoms with E-state index >= 15 is 0 Å². The van der Waals surface area contributed by atoms with Gasteiger partial charge in [-0.2, -0.15) is 0 Å². The molecule has 0 aliphatic carbocycles. The van der Waals surface area contributed by atoms with Gasteiger partial charge in [-0.05, 0) is 74.7 Å². The molecule has 0 radical (unpaired) electrons. The number of hydrogen-bond acceptors (Lipinski definition) is 6. The number of amides is 1. The van der Waals surface area contributed by atoms with Crippen molar-refractivity contribution in [3.05, 3.63) is 75.2 Å². The quantitative estimate of drug-likeness (QED) is 0.423. The Hall–Kier alpha value is -3.78. The van der Waals surface area contributed by atoms with Crippen LogP contribution in [0.4, 0.5) is 5.69 Å². The van der Waals surface area contributed by atoms with Crippen LogP contribution in [0.5, 0.6) is 11.5 Å². The number of methoxy groups -OCH3 is 1. The molecule has 4 rings (SSSR count). The molecule has 2 N–H and O–H groups in total. The average molecular weight is 506 g/mol. The summed E-state index contributed by atoms with van der Waals surface area (Å²) in [6.45, 7) is 10.3. The Labute approximate surface area is 217 Å². The smallest absolute Gasteiger partial charge is 0.255 e. The second-order valence-corrected chi connectivity index (χ2v) is 9.50. The SMILES string of the molecule is COCCOc1ccc(-c2cc(C(=O)NCc3c(C)cc(C)[nH]c3=O)c3c(c2)N(C(C)C)CCO3)cc1. The minimum atomic E-state index is -0.289. The number of nitrogens with one attached hydrogen (secondary N) is 2. The molecule has 0 saturated carbocycles. The number of ether oxygens (including phenoxy) is 3. The fourth-order valence-corrected chi connectivity index (χ4v) is 4.57. The van der Waals surface area contributed by atoms with Gasteiger partial charge in [0.2, 0.25) is 0 Å². The zero-order valence-corrected chi connectivity index (χ0v) is 22.1. The van der Waals surface area contributed by atoms with Gasteiger partial charge in [-0.3, -0.25) is 9.59 Å². The number of aryl methyl sites for hydroxylation is 2. The molecule has 0 atom stereocenters. The van der Waals surface area contributed by atoms with E-state index in [9.17, 15) is 9.59 Å². The summed E-state index contributed by atoms with van der Waals surface area (Å²) in [4.78, 5) is 31.0. The van der Waals surface area contributed by atoms with E-state index in [0.717, 1.165) is 40.4 Å². The number of rotatable bonds is 9. The normalized spacial score (nSPS) is 12.8. The number of H-pyrrole nitrogens is 1. The minimum Gasteiger partial charge on any atom is -0.491 e. The fraction of sp³-hybridized carbons (Fsp3) is 0.379. The molecule has 0 unspecified atom stereocenters. The van der Waals surface area contributed by atoms with Gasteiger partial charge in [0.05, 0.1) is 24.4 Å². The number of anilines is 1. The van der Waals surface area contributed by atoms with Gasteiger partial charge in [0, 0.05) is 31.0 Å². The van der Waals surface area contributed by atoms with Gasteiger partial charge in [0.1, 0.15) is 19.0 Å². The molecule has 0 saturated heterocycles. The van der Waals surface area contributed by atoms with Crippen LogP contribution in [0.25, 0.3) is 11.1 Å². The van der Waals surface area contributed by atoms with Crippen LogP contribution in [0, 0.1) is 13.8 Å². The van der Waals surface area contributed by atoms with Crippen LogP contribution in [-0.4, -0.2) is 50.4 Å². The number of fused-ring (bicyclic) bond motifs is 1.